The summed E-state index contributed by atoms with van der Waals surface area (Å²) in [5, 5.41) is 0. The molecule has 0 aromatic carbocycles. The van der Waals surface area contributed by atoms with E-state index in [9.17, 15) is 14.4 Å². The van der Waals surface area contributed by atoms with E-state index in [1.165, 1.54) is 6.07 Å². The Hall–Kier alpha value is -1.95. The van der Waals surface area contributed by atoms with Crippen LogP contribution in [-0.2, 0) is 6.42 Å². The lowest BCUT2D eigenvalue weighted by molar-refractivity contribution is 0.0741. The molecule has 3 N–H and O–H groups in total. The van der Waals surface area contributed by atoms with Crippen molar-refractivity contribution >= 4 is 11.7 Å². The van der Waals surface area contributed by atoms with Crippen LogP contribution in [0.1, 0.15) is 60.0 Å². The molecule has 130 valence electrons. The van der Waals surface area contributed by atoms with Gasteiger partial charge in [0.1, 0.15) is 5.56 Å². The first-order valence-electron chi connectivity index (χ1n) is 8.52. The number of rotatable bonds is 2. The normalized spacial score (nSPS) is 25.7. The van der Waals surface area contributed by atoms with Crippen molar-refractivity contribution in [2.45, 2.75) is 46.1 Å². The molecule has 2 atom stereocenters. The van der Waals surface area contributed by atoms with Crippen molar-refractivity contribution in [2.75, 3.05) is 13.1 Å². The lowest BCUT2D eigenvalue weighted by Gasteiger charge is -2.30. The van der Waals surface area contributed by atoms with Crippen molar-refractivity contribution in [2.24, 2.45) is 17.1 Å². The standard InChI is InChI=1S/C18H25N3O3/c1-10-4-11(8-19)9-21(10)17(24)13-5-12-14(20-16(13)23)6-18(2,3)7-15(12)22/h5,10-11H,4,6-9,19H2,1-3H3,(H,20,23). The lowest BCUT2D eigenvalue weighted by atomic mass is 9.75. The zero-order valence-corrected chi connectivity index (χ0v) is 14.5. The van der Waals surface area contributed by atoms with E-state index in [0.29, 0.717) is 37.2 Å². The molecule has 2 heterocycles. The number of carbonyl (C=O) groups is 2. The van der Waals surface area contributed by atoms with Crippen LogP contribution in [-0.4, -0.2) is 40.7 Å². The van der Waals surface area contributed by atoms with Gasteiger partial charge < -0.3 is 15.6 Å². The molecule has 2 unspecified atom stereocenters. The van der Waals surface area contributed by atoms with E-state index in [0.717, 1.165) is 6.42 Å². The molecule has 0 bridgehead atoms. The van der Waals surface area contributed by atoms with Gasteiger partial charge in [0.05, 0.1) is 0 Å². The predicted octanol–water partition coefficient (Wildman–Crippen LogP) is 1.34. The molecule has 1 aromatic rings. The van der Waals surface area contributed by atoms with Crippen molar-refractivity contribution in [1.82, 2.24) is 9.88 Å². The molecular weight excluding hydrogens is 306 g/mol. The minimum absolute atomic E-state index is 0.0131. The third kappa shape index (κ3) is 2.90. The fraction of sp³-hybridized carbons (Fsp3) is 0.611. The van der Waals surface area contributed by atoms with Crippen LogP contribution in [0.3, 0.4) is 0 Å². The zero-order valence-electron chi connectivity index (χ0n) is 14.5. The predicted molar refractivity (Wildman–Crippen MR) is 91.2 cm³/mol. The van der Waals surface area contributed by atoms with Crippen molar-refractivity contribution in [3.8, 4) is 0 Å². The third-order valence-corrected chi connectivity index (χ3v) is 5.20. The molecule has 1 aliphatic carbocycles. The Bertz CT molecular complexity index is 750. The van der Waals surface area contributed by atoms with Gasteiger partial charge in [-0.05, 0) is 43.7 Å². The quantitative estimate of drug-likeness (QED) is 0.854. The average Bonchev–Trinajstić information content (AvgIpc) is 2.86. The molecule has 1 amide bonds. The highest BCUT2D eigenvalue weighted by Gasteiger charge is 2.36. The lowest BCUT2D eigenvalue weighted by Crippen LogP contribution is -2.39. The number of nitrogens with two attached hydrogens (primary N) is 1. The summed E-state index contributed by atoms with van der Waals surface area (Å²) < 4.78 is 0. The minimum Gasteiger partial charge on any atom is -0.335 e. The van der Waals surface area contributed by atoms with E-state index in [1.54, 1.807) is 4.90 Å². The first kappa shape index (κ1) is 16.9. The maximum atomic E-state index is 12.8. The second kappa shape index (κ2) is 5.84. The Kier molecular flexibility index (Phi) is 4.11. The number of Topliss-reactive ketones (excluding diaryl/α,β-unsaturated/α-hetero) is 1. The number of carbonyl (C=O) groups excluding carboxylic acids is 2. The highest BCUT2D eigenvalue weighted by Crippen LogP contribution is 2.33. The fourth-order valence-electron chi connectivity index (χ4n) is 3.94. The average molecular weight is 331 g/mol. The van der Waals surface area contributed by atoms with Gasteiger partial charge in [-0.1, -0.05) is 13.8 Å². The molecule has 1 fully saturated rings. The van der Waals surface area contributed by atoms with E-state index in [2.05, 4.69) is 4.98 Å². The molecule has 0 saturated carbocycles. The van der Waals surface area contributed by atoms with Crippen molar-refractivity contribution in [3.05, 3.63) is 33.2 Å². The number of H-pyrrole nitrogens is 1. The highest BCUT2D eigenvalue weighted by molar-refractivity contribution is 6.02. The summed E-state index contributed by atoms with van der Waals surface area (Å²) in [7, 11) is 0. The summed E-state index contributed by atoms with van der Waals surface area (Å²) in [6.07, 6.45) is 1.90. The molecule has 1 saturated heterocycles. The van der Waals surface area contributed by atoms with Crippen molar-refractivity contribution in [3.63, 3.8) is 0 Å². The van der Waals surface area contributed by atoms with Crippen LogP contribution in [0.5, 0.6) is 0 Å². The molecule has 2 aliphatic rings. The molecule has 6 nitrogen and oxygen atoms in total. The van der Waals surface area contributed by atoms with Gasteiger partial charge in [-0.15, -0.1) is 0 Å². The number of hydrogen-bond donors (Lipinski definition) is 2. The van der Waals surface area contributed by atoms with Crippen LogP contribution >= 0.6 is 0 Å². The maximum absolute atomic E-state index is 12.8. The second-order valence-electron chi connectivity index (χ2n) is 7.99. The summed E-state index contributed by atoms with van der Waals surface area (Å²) in [6.45, 7) is 7.07. The van der Waals surface area contributed by atoms with Gasteiger partial charge in [-0.3, -0.25) is 14.4 Å². The van der Waals surface area contributed by atoms with Gasteiger partial charge in [0, 0.05) is 30.3 Å². The number of amides is 1. The molecule has 6 heteroatoms. The number of hydrogen-bond acceptors (Lipinski definition) is 4. The fourth-order valence-corrected chi connectivity index (χ4v) is 3.94. The second-order valence-corrected chi connectivity index (χ2v) is 7.99. The number of nitrogens with zero attached hydrogens (tertiary/aromatic N) is 1. The molecule has 1 aliphatic heterocycles. The Labute approximate surface area is 141 Å². The molecule has 1 aromatic heterocycles. The van der Waals surface area contributed by atoms with Gasteiger partial charge in [-0.2, -0.15) is 0 Å². The Morgan fingerprint density at radius 3 is 2.71 bits per heavy atom. The van der Waals surface area contributed by atoms with Gasteiger partial charge >= 0.3 is 0 Å². The topological polar surface area (TPSA) is 96.3 Å². The first-order valence-corrected chi connectivity index (χ1v) is 8.52. The third-order valence-electron chi connectivity index (χ3n) is 5.20. The van der Waals surface area contributed by atoms with Gasteiger partial charge in [-0.25, -0.2) is 0 Å². The van der Waals surface area contributed by atoms with Crippen LogP contribution in [0, 0.1) is 11.3 Å². The van der Waals surface area contributed by atoms with Crippen molar-refractivity contribution in [1.29, 1.82) is 0 Å². The van der Waals surface area contributed by atoms with Gasteiger partial charge in [0.15, 0.2) is 5.78 Å². The SMILES string of the molecule is CC1CC(CN)CN1C(=O)c1cc2c([nH]c1=O)CC(C)(C)CC2=O. The molecule has 0 spiro atoms. The number of fused-ring (bicyclic) bond motifs is 1. The summed E-state index contributed by atoms with van der Waals surface area (Å²) in [6, 6.07) is 1.55. The Balaban J connectivity index is 1.96. The molecule has 0 radical (unpaired) electrons. The van der Waals surface area contributed by atoms with E-state index in [4.69, 9.17) is 5.73 Å². The van der Waals surface area contributed by atoms with Crippen LogP contribution in [0.2, 0.25) is 0 Å². The Morgan fingerprint density at radius 2 is 2.08 bits per heavy atom. The molecule has 24 heavy (non-hydrogen) atoms. The van der Waals surface area contributed by atoms with Crippen LogP contribution in [0.25, 0.3) is 0 Å². The smallest absolute Gasteiger partial charge is 0.261 e. The molecular formula is C18H25N3O3. The van der Waals surface area contributed by atoms with E-state index < -0.39 is 5.56 Å². The number of likely N-dealkylation sites (tertiary alicyclic amines) is 1. The summed E-state index contributed by atoms with van der Waals surface area (Å²) in [5.74, 6) is -0.0518. The van der Waals surface area contributed by atoms with Crippen molar-refractivity contribution < 1.29 is 9.59 Å². The maximum Gasteiger partial charge on any atom is 0.261 e. The van der Waals surface area contributed by atoms with Crippen LogP contribution < -0.4 is 11.3 Å². The summed E-state index contributed by atoms with van der Waals surface area (Å²) in [4.78, 5) is 42.1. The number of nitrogens with one attached hydrogen (secondary N) is 1. The number of aromatic amines is 1. The largest absolute Gasteiger partial charge is 0.335 e. The first-order chi connectivity index (χ1) is 11.2. The number of pyridine rings is 1. The Morgan fingerprint density at radius 1 is 1.38 bits per heavy atom. The van der Waals surface area contributed by atoms with Gasteiger partial charge in [0.2, 0.25) is 0 Å². The minimum atomic E-state index is -0.410. The molecule has 3 rings (SSSR count). The monoisotopic (exact) mass is 331 g/mol. The van der Waals surface area contributed by atoms with Crippen LogP contribution in [0.15, 0.2) is 10.9 Å². The van der Waals surface area contributed by atoms with Gasteiger partial charge in [0.25, 0.3) is 11.5 Å². The summed E-state index contributed by atoms with van der Waals surface area (Å²) in [5.41, 5.74) is 6.32. The van der Waals surface area contributed by atoms with E-state index in [1.807, 2.05) is 20.8 Å². The highest BCUT2D eigenvalue weighted by atomic mass is 16.2. The number of ketones is 1. The number of aromatic nitrogens is 1. The zero-order chi connectivity index (χ0) is 17.6. The van der Waals surface area contributed by atoms with Crippen LogP contribution in [0.4, 0.5) is 0 Å². The van der Waals surface area contributed by atoms with E-state index in [-0.39, 0.29) is 34.6 Å². The van der Waals surface area contributed by atoms with E-state index >= 15 is 0 Å². The summed E-state index contributed by atoms with van der Waals surface area (Å²) >= 11 is 0.